The highest BCUT2D eigenvalue weighted by Crippen LogP contribution is 2.22. The molecule has 5 nitrogen and oxygen atoms in total. The van der Waals surface area contributed by atoms with Crippen molar-refractivity contribution in [2.24, 2.45) is 5.92 Å². The van der Waals surface area contributed by atoms with Crippen molar-refractivity contribution in [1.82, 2.24) is 10.2 Å². The van der Waals surface area contributed by atoms with Gasteiger partial charge in [0.15, 0.2) is 0 Å². The second-order valence-corrected chi connectivity index (χ2v) is 5.32. The second-order valence-electron chi connectivity index (χ2n) is 5.32. The summed E-state index contributed by atoms with van der Waals surface area (Å²) in [4.78, 5) is 14.4. The fraction of sp³-hybridized carbons (Fsp3) is 0.562. The van der Waals surface area contributed by atoms with E-state index in [0.29, 0.717) is 13.1 Å². The van der Waals surface area contributed by atoms with Crippen LogP contribution in [0.15, 0.2) is 24.3 Å². The van der Waals surface area contributed by atoms with Crippen LogP contribution in [-0.2, 0) is 11.3 Å². The number of aliphatic hydroxyl groups excluding tert-OH is 1. The first-order chi connectivity index (χ1) is 10.3. The zero-order chi connectivity index (χ0) is 15.1. The molecule has 116 valence electrons. The molecule has 2 rings (SSSR count). The lowest BCUT2D eigenvalue weighted by Crippen LogP contribution is -2.41. The molecule has 1 aliphatic heterocycles. The standard InChI is InChI=1S/C16H24N2O3/c1-21-15-5-3-2-4-14(15)12-18(10-11-19)16(20)13-6-8-17-9-7-13/h2-5,13,17,19H,6-12H2,1H3. The summed E-state index contributed by atoms with van der Waals surface area (Å²) in [6.45, 7) is 2.59. The highest BCUT2D eigenvalue weighted by molar-refractivity contribution is 5.79. The fourth-order valence-electron chi connectivity index (χ4n) is 2.75. The van der Waals surface area contributed by atoms with E-state index in [9.17, 15) is 9.90 Å². The molecule has 0 saturated carbocycles. The van der Waals surface area contributed by atoms with E-state index in [1.165, 1.54) is 0 Å². The summed E-state index contributed by atoms with van der Waals surface area (Å²) in [6, 6.07) is 7.69. The highest BCUT2D eigenvalue weighted by Gasteiger charge is 2.26. The number of aliphatic hydroxyl groups is 1. The molecule has 0 atom stereocenters. The van der Waals surface area contributed by atoms with Gasteiger partial charge in [-0.25, -0.2) is 0 Å². The van der Waals surface area contributed by atoms with Gasteiger partial charge in [0.25, 0.3) is 0 Å². The Bertz CT molecular complexity index is 459. The van der Waals surface area contributed by atoms with Crippen LogP contribution in [0.2, 0.25) is 0 Å². The zero-order valence-electron chi connectivity index (χ0n) is 12.5. The van der Waals surface area contributed by atoms with Gasteiger partial charge >= 0.3 is 0 Å². The topological polar surface area (TPSA) is 61.8 Å². The molecular formula is C16H24N2O3. The first-order valence-electron chi connectivity index (χ1n) is 7.48. The van der Waals surface area contributed by atoms with Gasteiger partial charge in [0.05, 0.1) is 13.7 Å². The lowest BCUT2D eigenvalue weighted by atomic mass is 9.96. The number of ether oxygens (including phenoxy) is 1. The number of rotatable bonds is 6. The number of carbonyl (C=O) groups is 1. The number of benzene rings is 1. The Morgan fingerprint density at radius 2 is 2.10 bits per heavy atom. The Balaban J connectivity index is 2.08. The molecule has 1 aromatic carbocycles. The summed E-state index contributed by atoms with van der Waals surface area (Å²) in [7, 11) is 1.63. The molecule has 1 fully saturated rings. The molecule has 1 amide bonds. The first kappa shape index (κ1) is 15.8. The maximum absolute atomic E-state index is 12.6. The molecule has 0 bridgehead atoms. The molecule has 1 aromatic rings. The van der Waals surface area contributed by atoms with Crippen molar-refractivity contribution in [3.05, 3.63) is 29.8 Å². The van der Waals surface area contributed by atoms with Crippen molar-refractivity contribution in [3.63, 3.8) is 0 Å². The summed E-state index contributed by atoms with van der Waals surface area (Å²) >= 11 is 0. The van der Waals surface area contributed by atoms with Crippen LogP contribution in [0.4, 0.5) is 0 Å². The molecule has 21 heavy (non-hydrogen) atoms. The Morgan fingerprint density at radius 3 is 2.76 bits per heavy atom. The van der Waals surface area contributed by atoms with E-state index >= 15 is 0 Å². The van der Waals surface area contributed by atoms with Crippen LogP contribution in [0.5, 0.6) is 5.75 Å². The molecule has 1 heterocycles. The number of para-hydroxylation sites is 1. The Morgan fingerprint density at radius 1 is 1.38 bits per heavy atom. The SMILES string of the molecule is COc1ccccc1CN(CCO)C(=O)C1CCNCC1. The molecule has 2 N–H and O–H groups in total. The average Bonchev–Trinajstić information content (AvgIpc) is 2.55. The van der Waals surface area contributed by atoms with Crippen LogP contribution >= 0.6 is 0 Å². The van der Waals surface area contributed by atoms with Crippen molar-refractivity contribution >= 4 is 5.91 Å². The van der Waals surface area contributed by atoms with E-state index in [1.54, 1.807) is 12.0 Å². The lowest BCUT2D eigenvalue weighted by molar-refractivity contribution is -0.137. The van der Waals surface area contributed by atoms with Crippen LogP contribution < -0.4 is 10.1 Å². The Hall–Kier alpha value is -1.59. The summed E-state index contributed by atoms with van der Waals surface area (Å²) in [5.74, 6) is 0.975. The van der Waals surface area contributed by atoms with E-state index in [1.807, 2.05) is 24.3 Å². The number of nitrogens with zero attached hydrogens (tertiary/aromatic N) is 1. The lowest BCUT2D eigenvalue weighted by Gasteiger charge is -2.29. The number of hydrogen-bond acceptors (Lipinski definition) is 4. The van der Waals surface area contributed by atoms with Gasteiger partial charge in [0.1, 0.15) is 5.75 Å². The van der Waals surface area contributed by atoms with Crippen LogP contribution in [0.3, 0.4) is 0 Å². The van der Waals surface area contributed by atoms with Gasteiger partial charge in [-0.3, -0.25) is 4.79 Å². The minimum absolute atomic E-state index is 0.0220. The summed E-state index contributed by atoms with van der Waals surface area (Å²) in [6.07, 6.45) is 1.74. The van der Waals surface area contributed by atoms with Gasteiger partial charge in [-0.15, -0.1) is 0 Å². The molecule has 0 unspecified atom stereocenters. The minimum Gasteiger partial charge on any atom is -0.496 e. The predicted molar refractivity (Wildman–Crippen MR) is 81.1 cm³/mol. The monoisotopic (exact) mass is 292 g/mol. The quantitative estimate of drug-likeness (QED) is 0.821. The maximum Gasteiger partial charge on any atom is 0.226 e. The van der Waals surface area contributed by atoms with Crippen LogP contribution in [0, 0.1) is 5.92 Å². The normalized spacial score (nSPS) is 15.7. The summed E-state index contributed by atoms with van der Waals surface area (Å²) in [5.41, 5.74) is 0.968. The average molecular weight is 292 g/mol. The van der Waals surface area contributed by atoms with Gasteiger partial charge in [0, 0.05) is 24.6 Å². The summed E-state index contributed by atoms with van der Waals surface area (Å²) in [5, 5.41) is 12.5. The zero-order valence-corrected chi connectivity index (χ0v) is 12.5. The Labute approximate surface area is 125 Å². The van der Waals surface area contributed by atoms with Gasteiger partial charge < -0.3 is 20.1 Å². The van der Waals surface area contributed by atoms with Crippen molar-refractivity contribution in [2.75, 3.05) is 33.4 Å². The second kappa shape index (κ2) is 8.00. The number of carbonyl (C=O) groups excluding carboxylic acids is 1. The number of amides is 1. The number of piperidine rings is 1. The van der Waals surface area contributed by atoms with Crippen molar-refractivity contribution in [2.45, 2.75) is 19.4 Å². The summed E-state index contributed by atoms with van der Waals surface area (Å²) < 4.78 is 5.34. The van der Waals surface area contributed by atoms with Gasteiger partial charge in [-0.2, -0.15) is 0 Å². The van der Waals surface area contributed by atoms with Gasteiger partial charge in [-0.1, -0.05) is 18.2 Å². The van der Waals surface area contributed by atoms with Crippen LogP contribution in [0.25, 0.3) is 0 Å². The molecule has 0 aliphatic carbocycles. The molecule has 1 saturated heterocycles. The van der Waals surface area contributed by atoms with E-state index < -0.39 is 0 Å². The third kappa shape index (κ3) is 4.19. The third-order valence-electron chi connectivity index (χ3n) is 3.92. The molecule has 0 spiro atoms. The number of hydrogen-bond donors (Lipinski definition) is 2. The fourth-order valence-corrected chi connectivity index (χ4v) is 2.75. The first-order valence-corrected chi connectivity index (χ1v) is 7.48. The largest absolute Gasteiger partial charge is 0.496 e. The Kier molecular flexibility index (Phi) is 6.02. The molecule has 5 heteroatoms. The van der Waals surface area contributed by atoms with Crippen LogP contribution in [0.1, 0.15) is 18.4 Å². The minimum atomic E-state index is -0.0220. The van der Waals surface area contributed by atoms with Crippen LogP contribution in [-0.4, -0.2) is 49.3 Å². The highest BCUT2D eigenvalue weighted by atomic mass is 16.5. The molecular weight excluding hydrogens is 268 g/mol. The maximum atomic E-state index is 12.6. The number of methoxy groups -OCH3 is 1. The van der Waals surface area contributed by atoms with Crippen molar-refractivity contribution < 1.29 is 14.6 Å². The number of nitrogens with one attached hydrogen (secondary N) is 1. The van der Waals surface area contributed by atoms with Crippen molar-refractivity contribution in [1.29, 1.82) is 0 Å². The molecule has 0 radical (unpaired) electrons. The van der Waals surface area contributed by atoms with Gasteiger partial charge in [-0.05, 0) is 32.0 Å². The van der Waals surface area contributed by atoms with E-state index in [2.05, 4.69) is 5.32 Å². The molecule has 1 aliphatic rings. The predicted octanol–water partition coefficient (Wildman–Crippen LogP) is 1.02. The molecule has 0 aromatic heterocycles. The van der Waals surface area contributed by atoms with E-state index in [-0.39, 0.29) is 18.4 Å². The van der Waals surface area contributed by atoms with Crippen molar-refractivity contribution in [3.8, 4) is 5.75 Å². The van der Waals surface area contributed by atoms with E-state index in [4.69, 9.17) is 4.74 Å². The smallest absolute Gasteiger partial charge is 0.226 e. The third-order valence-corrected chi connectivity index (χ3v) is 3.92. The van der Waals surface area contributed by atoms with Gasteiger partial charge in [0.2, 0.25) is 5.91 Å². The van der Waals surface area contributed by atoms with E-state index in [0.717, 1.165) is 37.2 Å².